The van der Waals surface area contributed by atoms with Crippen molar-refractivity contribution in [1.82, 2.24) is 5.32 Å². The van der Waals surface area contributed by atoms with E-state index in [1.807, 2.05) is 13.8 Å². The van der Waals surface area contributed by atoms with Crippen molar-refractivity contribution < 1.29 is 36.9 Å². The van der Waals surface area contributed by atoms with Crippen LogP contribution in [0.1, 0.15) is 51.7 Å². The number of fused-ring (bicyclic) bond motifs is 1. The van der Waals surface area contributed by atoms with Crippen LogP contribution in [0, 0.1) is 17.5 Å². The number of amides is 1. The molecule has 0 unspecified atom stereocenters. The van der Waals surface area contributed by atoms with Gasteiger partial charge in [0.2, 0.25) is 0 Å². The Bertz CT molecular complexity index is 1090. The van der Waals surface area contributed by atoms with Gasteiger partial charge in [0.1, 0.15) is 11.9 Å². The van der Waals surface area contributed by atoms with E-state index in [4.69, 9.17) is 18.9 Å². The zero-order valence-electron chi connectivity index (χ0n) is 20.9. The zero-order chi connectivity index (χ0) is 26.1. The number of halogens is 3. The van der Waals surface area contributed by atoms with E-state index in [2.05, 4.69) is 5.32 Å². The van der Waals surface area contributed by atoms with Crippen molar-refractivity contribution in [2.24, 2.45) is 0 Å². The minimum Gasteiger partial charge on any atom is -0.370 e. The molecule has 1 saturated heterocycles. The smallest absolute Gasteiger partial charge is 0.252 e. The number of benzene rings is 2. The molecule has 0 aromatic heterocycles. The molecule has 2 aromatic carbocycles. The molecule has 196 valence electrons. The van der Waals surface area contributed by atoms with Crippen LogP contribution in [0.15, 0.2) is 42.5 Å². The van der Waals surface area contributed by atoms with Crippen LogP contribution in [0.3, 0.4) is 0 Å². The van der Waals surface area contributed by atoms with Crippen molar-refractivity contribution in [3.63, 3.8) is 0 Å². The number of carbonyl (C=O) groups is 1. The van der Waals surface area contributed by atoms with Gasteiger partial charge in [0.25, 0.3) is 5.91 Å². The van der Waals surface area contributed by atoms with Crippen molar-refractivity contribution in [1.29, 1.82) is 0 Å². The lowest BCUT2D eigenvalue weighted by molar-refractivity contribution is -0.184. The summed E-state index contributed by atoms with van der Waals surface area (Å²) in [5.41, 5.74) is -1.08. The molecule has 1 amide bonds. The van der Waals surface area contributed by atoms with E-state index in [9.17, 15) is 18.0 Å². The second-order valence-corrected chi connectivity index (χ2v) is 10.1. The van der Waals surface area contributed by atoms with Crippen molar-refractivity contribution in [2.45, 2.75) is 89.5 Å². The molecule has 2 aliphatic rings. The first-order chi connectivity index (χ1) is 17.0. The molecule has 1 aliphatic heterocycles. The minimum atomic E-state index is -1.43. The van der Waals surface area contributed by atoms with E-state index in [0.29, 0.717) is 5.56 Å². The summed E-state index contributed by atoms with van der Waals surface area (Å²) < 4.78 is 66.8. The Morgan fingerprint density at radius 2 is 1.69 bits per heavy atom. The third kappa shape index (κ3) is 5.75. The second-order valence-electron chi connectivity index (χ2n) is 10.1. The van der Waals surface area contributed by atoms with Crippen LogP contribution in [0.25, 0.3) is 0 Å². The average Bonchev–Trinajstić information content (AvgIpc) is 3.12. The Hall–Kier alpha value is -2.46. The molecule has 2 aromatic rings. The number of rotatable bonds is 8. The van der Waals surface area contributed by atoms with Gasteiger partial charge >= 0.3 is 0 Å². The maximum Gasteiger partial charge on any atom is 0.252 e. The summed E-state index contributed by atoms with van der Waals surface area (Å²) in [7, 11) is 0. The SMILES string of the molecule is CC(C)NC(=O)[C@@]1(OCc2ccccc2F)C[C@H](OCc2cccc(F)c2F)[C@@H]2OC(C)(C)O[C@@H]2C1. The van der Waals surface area contributed by atoms with Crippen LogP contribution in [0.5, 0.6) is 0 Å². The Balaban J connectivity index is 1.63. The first kappa shape index (κ1) is 26.6. The number of hydrogen-bond donors (Lipinski definition) is 1. The third-order valence-electron chi connectivity index (χ3n) is 6.43. The molecule has 0 spiro atoms. The van der Waals surface area contributed by atoms with Crippen LogP contribution in [-0.4, -0.2) is 41.6 Å². The van der Waals surface area contributed by atoms with Gasteiger partial charge in [-0.3, -0.25) is 4.79 Å². The first-order valence-electron chi connectivity index (χ1n) is 12.1. The van der Waals surface area contributed by atoms with Gasteiger partial charge in [0.15, 0.2) is 23.0 Å². The van der Waals surface area contributed by atoms with Crippen LogP contribution in [-0.2, 0) is 37.0 Å². The van der Waals surface area contributed by atoms with Crippen LogP contribution < -0.4 is 5.32 Å². The molecule has 1 N–H and O–H groups in total. The van der Waals surface area contributed by atoms with Crippen LogP contribution in [0.2, 0.25) is 0 Å². The molecular weight excluding hydrogens is 475 g/mol. The Morgan fingerprint density at radius 3 is 2.42 bits per heavy atom. The summed E-state index contributed by atoms with van der Waals surface area (Å²) in [5, 5.41) is 2.90. The summed E-state index contributed by atoms with van der Waals surface area (Å²) in [5.74, 6) is -3.74. The Labute approximate surface area is 209 Å². The number of nitrogens with one attached hydrogen (secondary N) is 1. The summed E-state index contributed by atoms with van der Waals surface area (Å²) in [4.78, 5) is 13.5. The predicted octanol–water partition coefficient (Wildman–Crippen LogP) is 4.78. The lowest BCUT2D eigenvalue weighted by atomic mass is 9.78. The standard InChI is InChI=1S/C27H32F3NO5/c1-16(2)31-25(32)27(34-15-17-8-5-6-10-19(17)28)12-21(24-22(13-27)35-26(3,4)36-24)33-14-18-9-7-11-20(29)23(18)30/h5-11,16,21-22,24H,12-15H2,1-4H3,(H,31,32)/t21-,22+,24-,27+/m0/s1. The van der Waals surface area contributed by atoms with Gasteiger partial charge in [0.05, 0.1) is 25.4 Å². The van der Waals surface area contributed by atoms with Gasteiger partial charge < -0.3 is 24.3 Å². The van der Waals surface area contributed by atoms with Gasteiger partial charge in [0, 0.05) is 30.0 Å². The maximum absolute atomic E-state index is 14.3. The maximum atomic E-state index is 14.3. The largest absolute Gasteiger partial charge is 0.370 e. The fourth-order valence-corrected chi connectivity index (χ4v) is 4.79. The summed E-state index contributed by atoms with van der Waals surface area (Å²) in [6, 6.07) is 9.87. The highest BCUT2D eigenvalue weighted by Crippen LogP contribution is 2.44. The minimum absolute atomic E-state index is 0.0415. The van der Waals surface area contributed by atoms with E-state index in [1.165, 1.54) is 18.2 Å². The fourth-order valence-electron chi connectivity index (χ4n) is 4.79. The van der Waals surface area contributed by atoms with E-state index in [-0.39, 0.29) is 43.6 Å². The summed E-state index contributed by atoms with van der Waals surface area (Å²) in [6.45, 7) is 6.77. The number of ether oxygens (including phenoxy) is 4. The molecule has 1 heterocycles. The molecule has 4 rings (SSSR count). The highest BCUT2D eigenvalue weighted by Gasteiger charge is 2.58. The van der Waals surface area contributed by atoms with Crippen molar-refractivity contribution in [2.75, 3.05) is 0 Å². The van der Waals surface area contributed by atoms with Gasteiger partial charge in [-0.1, -0.05) is 30.3 Å². The Kier molecular flexibility index (Phi) is 7.75. The highest BCUT2D eigenvalue weighted by molar-refractivity contribution is 5.85. The molecule has 0 radical (unpaired) electrons. The second kappa shape index (κ2) is 10.5. The van der Waals surface area contributed by atoms with Crippen LogP contribution >= 0.6 is 0 Å². The quantitative estimate of drug-likeness (QED) is 0.557. The summed E-state index contributed by atoms with van der Waals surface area (Å²) in [6.07, 6.45) is -1.67. The normalized spacial score (nSPS) is 27.2. The Morgan fingerprint density at radius 1 is 1.00 bits per heavy atom. The predicted molar refractivity (Wildman–Crippen MR) is 125 cm³/mol. The third-order valence-corrected chi connectivity index (χ3v) is 6.43. The van der Waals surface area contributed by atoms with Crippen molar-refractivity contribution in [3.8, 4) is 0 Å². The monoisotopic (exact) mass is 507 g/mol. The number of carbonyl (C=O) groups excluding carboxylic acids is 1. The van der Waals surface area contributed by atoms with E-state index in [1.54, 1.807) is 32.0 Å². The van der Waals surface area contributed by atoms with Crippen molar-refractivity contribution >= 4 is 5.91 Å². The number of hydrogen-bond acceptors (Lipinski definition) is 5. The van der Waals surface area contributed by atoms with Crippen LogP contribution in [0.4, 0.5) is 13.2 Å². The zero-order valence-corrected chi connectivity index (χ0v) is 20.9. The fraction of sp³-hybridized carbons (Fsp3) is 0.519. The molecule has 6 nitrogen and oxygen atoms in total. The first-order valence-corrected chi connectivity index (χ1v) is 12.1. The lowest BCUT2D eigenvalue weighted by Crippen LogP contribution is -2.60. The molecule has 0 bridgehead atoms. The summed E-state index contributed by atoms with van der Waals surface area (Å²) >= 11 is 0. The van der Waals surface area contributed by atoms with Gasteiger partial charge in [-0.25, -0.2) is 13.2 Å². The van der Waals surface area contributed by atoms with Gasteiger partial charge in [-0.15, -0.1) is 0 Å². The van der Waals surface area contributed by atoms with E-state index >= 15 is 0 Å². The molecule has 2 fully saturated rings. The van der Waals surface area contributed by atoms with Gasteiger partial charge in [-0.2, -0.15) is 0 Å². The topological polar surface area (TPSA) is 66.0 Å². The molecule has 4 atom stereocenters. The highest BCUT2D eigenvalue weighted by atomic mass is 19.2. The molecule has 1 aliphatic carbocycles. The molecular formula is C27H32F3NO5. The molecule has 1 saturated carbocycles. The van der Waals surface area contributed by atoms with E-state index < -0.39 is 47.2 Å². The molecule has 9 heteroatoms. The van der Waals surface area contributed by atoms with Gasteiger partial charge in [-0.05, 0) is 39.8 Å². The lowest BCUT2D eigenvalue weighted by Gasteiger charge is -2.43. The van der Waals surface area contributed by atoms with Crippen molar-refractivity contribution in [3.05, 3.63) is 71.0 Å². The molecule has 36 heavy (non-hydrogen) atoms. The average molecular weight is 508 g/mol. The van der Waals surface area contributed by atoms with E-state index in [0.717, 1.165) is 6.07 Å².